The summed E-state index contributed by atoms with van der Waals surface area (Å²) in [5.74, 6) is 0.0836. The zero-order valence-corrected chi connectivity index (χ0v) is 11.8. The maximum atomic E-state index is 11.5. The molecule has 0 atom stereocenters. The molecule has 0 fully saturated rings. The van der Waals surface area contributed by atoms with Gasteiger partial charge in [-0.25, -0.2) is 0 Å². The molecule has 0 amide bonds. The molecule has 0 saturated heterocycles. The second-order valence-electron chi connectivity index (χ2n) is 4.49. The van der Waals surface area contributed by atoms with E-state index >= 15 is 0 Å². The number of carbonyl (C=O) groups is 1. The van der Waals surface area contributed by atoms with Gasteiger partial charge in [0, 0.05) is 0 Å². The maximum absolute atomic E-state index is 11.5. The minimum absolute atomic E-state index is 0.0147. The van der Waals surface area contributed by atoms with Gasteiger partial charge in [-0.2, -0.15) is 0 Å². The van der Waals surface area contributed by atoms with Crippen molar-refractivity contribution in [2.75, 3.05) is 19.7 Å². The fraction of sp³-hybridized carbons (Fsp3) is 0.929. The van der Waals surface area contributed by atoms with Gasteiger partial charge in [0.2, 0.25) is 0 Å². The molecule has 17 heavy (non-hydrogen) atoms. The van der Waals surface area contributed by atoms with E-state index in [-0.39, 0.29) is 11.9 Å². The number of esters is 1. The Morgan fingerprint density at radius 2 is 1.76 bits per heavy atom. The molecule has 0 aliphatic rings. The van der Waals surface area contributed by atoms with Crippen LogP contribution in [0.1, 0.15) is 59.3 Å². The van der Waals surface area contributed by atoms with Crippen molar-refractivity contribution in [3.05, 3.63) is 0 Å². The molecule has 0 radical (unpaired) electrons. The van der Waals surface area contributed by atoms with E-state index < -0.39 is 0 Å². The van der Waals surface area contributed by atoms with Gasteiger partial charge in [-0.05, 0) is 51.6 Å². The van der Waals surface area contributed by atoms with Crippen LogP contribution < -0.4 is 5.32 Å². The number of hydrogen-bond donors (Lipinski definition) is 1. The molecule has 0 aliphatic carbocycles. The van der Waals surface area contributed by atoms with Gasteiger partial charge in [-0.3, -0.25) is 4.79 Å². The van der Waals surface area contributed by atoms with Gasteiger partial charge in [0.15, 0.2) is 0 Å². The fourth-order valence-electron chi connectivity index (χ4n) is 1.74. The SMILES string of the molecule is CCCNCCCCCOC(=O)C(CC)CC. The highest BCUT2D eigenvalue weighted by Gasteiger charge is 2.14. The number of rotatable bonds is 11. The van der Waals surface area contributed by atoms with Gasteiger partial charge in [0.25, 0.3) is 0 Å². The first-order valence-electron chi connectivity index (χ1n) is 7.13. The van der Waals surface area contributed by atoms with Crippen LogP contribution in [-0.2, 0) is 9.53 Å². The lowest BCUT2D eigenvalue weighted by molar-refractivity contribution is -0.148. The summed E-state index contributed by atoms with van der Waals surface area (Å²) in [5, 5.41) is 3.36. The van der Waals surface area contributed by atoms with E-state index in [9.17, 15) is 4.79 Å². The van der Waals surface area contributed by atoms with Crippen LogP contribution in [-0.4, -0.2) is 25.7 Å². The Balaban J connectivity index is 3.30. The standard InChI is InChI=1S/C14H29NO2/c1-4-10-15-11-8-7-9-12-17-14(16)13(5-2)6-3/h13,15H,4-12H2,1-3H3. The molecule has 0 saturated carbocycles. The predicted octanol–water partition coefficient (Wildman–Crippen LogP) is 3.14. The van der Waals surface area contributed by atoms with E-state index in [1.165, 1.54) is 12.8 Å². The average molecular weight is 243 g/mol. The van der Waals surface area contributed by atoms with Gasteiger partial charge >= 0.3 is 5.97 Å². The molecule has 0 aromatic heterocycles. The lowest BCUT2D eigenvalue weighted by Crippen LogP contribution is -2.17. The first kappa shape index (κ1) is 16.4. The van der Waals surface area contributed by atoms with Crippen LogP contribution in [0.4, 0.5) is 0 Å². The van der Waals surface area contributed by atoms with Gasteiger partial charge in [-0.15, -0.1) is 0 Å². The molecule has 0 unspecified atom stereocenters. The Kier molecular flexibility index (Phi) is 11.5. The summed E-state index contributed by atoms with van der Waals surface area (Å²) in [6, 6.07) is 0. The summed E-state index contributed by atoms with van der Waals surface area (Å²) in [6.45, 7) is 9.01. The Labute approximate surface area is 106 Å². The third-order valence-electron chi connectivity index (χ3n) is 2.99. The minimum atomic E-state index is -0.0147. The summed E-state index contributed by atoms with van der Waals surface area (Å²) in [6.07, 6.45) is 6.24. The maximum Gasteiger partial charge on any atom is 0.308 e. The molecule has 0 aliphatic heterocycles. The minimum Gasteiger partial charge on any atom is -0.465 e. The van der Waals surface area contributed by atoms with Crippen LogP contribution in [0.15, 0.2) is 0 Å². The topological polar surface area (TPSA) is 38.3 Å². The van der Waals surface area contributed by atoms with Crippen molar-refractivity contribution in [1.29, 1.82) is 0 Å². The lowest BCUT2D eigenvalue weighted by Gasteiger charge is -2.11. The highest BCUT2D eigenvalue weighted by atomic mass is 16.5. The monoisotopic (exact) mass is 243 g/mol. The third-order valence-corrected chi connectivity index (χ3v) is 2.99. The van der Waals surface area contributed by atoms with E-state index in [0.717, 1.165) is 38.8 Å². The first-order valence-corrected chi connectivity index (χ1v) is 7.13. The second kappa shape index (κ2) is 11.9. The summed E-state index contributed by atoms with van der Waals surface area (Å²) >= 11 is 0. The third kappa shape index (κ3) is 9.16. The molecule has 0 aromatic carbocycles. The number of unbranched alkanes of at least 4 members (excludes halogenated alkanes) is 2. The van der Waals surface area contributed by atoms with Crippen molar-refractivity contribution in [2.24, 2.45) is 5.92 Å². The van der Waals surface area contributed by atoms with E-state index in [2.05, 4.69) is 12.2 Å². The van der Waals surface area contributed by atoms with E-state index in [0.29, 0.717) is 6.61 Å². The largest absolute Gasteiger partial charge is 0.465 e. The normalized spacial score (nSPS) is 10.8. The molecule has 0 heterocycles. The number of nitrogens with one attached hydrogen (secondary N) is 1. The zero-order chi connectivity index (χ0) is 12.9. The van der Waals surface area contributed by atoms with Crippen molar-refractivity contribution in [3.8, 4) is 0 Å². The summed E-state index contributed by atoms with van der Waals surface area (Å²) in [5.41, 5.74) is 0. The Hall–Kier alpha value is -0.570. The van der Waals surface area contributed by atoms with Crippen molar-refractivity contribution in [3.63, 3.8) is 0 Å². The second-order valence-corrected chi connectivity index (χ2v) is 4.49. The summed E-state index contributed by atoms with van der Waals surface area (Å²) < 4.78 is 5.25. The van der Waals surface area contributed by atoms with Gasteiger partial charge in [0.1, 0.15) is 0 Å². The van der Waals surface area contributed by atoms with Crippen molar-refractivity contribution >= 4 is 5.97 Å². The van der Waals surface area contributed by atoms with Gasteiger partial charge in [0.05, 0.1) is 12.5 Å². The highest BCUT2D eigenvalue weighted by molar-refractivity contribution is 5.72. The number of hydrogen-bond acceptors (Lipinski definition) is 3. The van der Waals surface area contributed by atoms with Gasteiger partial charge in [-0.1, -0.05) is 20.8 Å². The molecule has 3 heteroatoms. The molecule has 0 spiro atoms. The van der Waals surface area contributed by atoms with Crippen LogP contribution in [0, 0.1) is 5.92 Å². The van der Waals surface area contributed by atoms with Crippen LogP contribution >= 0.6 is 0 Å². The smallest absolute Gasteiger partial charge is 0.308 e. The summed E-state index contributed by atoms with van der Waals surface area (Å²) in [7, 11) is 0. The molecule has 102 valence electrons. The van der Waals surface area contributed by atoms with Crippen LogP contribution in [0.2, 0.25) is 0 Å². The highest BCUT2D eigenvalue weighted by Crippen LogP contribution is 2.10. The first-order chi connectivity index (χ1) is 8.26. The van der Waals surface area contributed by atoms with E-state index in [1.807, 2.05) is 13.8 Å². The van der Waals surface area contributed by atoms with Crippen molar-refractivity contribution < 1.29 is 9.53 Å². The molecular formula is C14H29NO2. The van der Waals surface area contributed by atoms with Crippen LogP contribution in [0.3, 0.4) is 0 Å². The Morgan fingerprint density at radius 3 is 2.35 bits per heavy atom. The lowest BCUT2D eigenvalue weighted by atomic mass is 10.0. The Morgan fingerprint density at radius 1 is 1.06 bits per heavy atom. The van der Waals surface area contributed by atoms with Crippen molar-refractivity contribution in [1.82, 2.24) is 5.32 Å². The number of carbonyl (C=O) groups excluding carboxylic acids is 1. The Bertz CT molecular complexity index is 179. The van der Waals surface area contributed by atoms with E-state index in [1.54, 1.807) is 0 Å². The molecule has 0 bridgehead atoms. The van der Waals surface area contributed by atoms with Crippen LogP contribution in [0.25, 0.3) is 0 Å². The van der Waals surface area contributed by atoms with Gasteiger partial charge < -0.3 is 10.1 Å². The molecule has 3 nitrogen and oxygen atoms in total. The quantitative estimate of drug-likeness (QED) is 0.447. The zero-order valence-electron chi connectivity index (χ0n) is 11.8. The van der Waals surface area contributed by atoms with E-state index in [4.69, 9.17) is 4.74 Å². The fourth-order valence-corrected chi connectivity index (χ4v) is 1.74. The average Bonchev–Trinajstić information content (AvgIpc) is 2.34. The number of ether oxygens (including phenoxy) is 1. The van der Waals surface area contributed by atoms with Crippen LogP contribution in [0.5, 0.6) is 0 Å². The molecule has 0 aromatic rings. The molecular weight excluding hydrogens is 214 g/mol. The molecule has 0 rings (SSSR count). The molecule has 1 N–H and O–H groups in total. The predicted molar refractivity (Wildman–Crippen MR) is 72.0 cm³/mol. The van der Waals surface area contributed by atoms with Crippen molar-refractivity contribution in [2.45, 2.75) is 59.3 Å². The summed E-state index contributed by atoms with van der Waals surface area (Å²) in [4.78, 5) is 11.5.